The highest BCUT2D eigenvalue weighted by Gasteiger charge is 2.43. The minimum atomic E-state index is -2.65. The van der Waals surface area contributed by atoms with Gasteiger partial charge in [0.1, 0.15) is 36.7 Å². The van der Waals surface area contributed by atoms with Crippen LogP contribution in [0.1, 0.15) is 108 Å². The van der Waals surface area contributed by atoms with E-state index in [1.54, 1.807) is 49.7 Å². The summed E-state index contributed by atoms with van der Waals surface area (Å²) in [5, 5.41) is 87.3. The van der Waals surface area contributed by atoms with Crippen LogP contribution in [0.4, 0.5) is 0 Å². The number of hydrogen-bond acceptors (Lipinski definition) is 33. The monoisotopic (exact) mass is 1660 g/mol. The van der Waals surface area contributed by atoms with E-state index in [1.807, 2.05) is 25.1 Å². The molecule has 4 amide bonds. The van der Waals surface area contributed by atoms with E-state index in [1.165, 1.54) is 31.9 Å². The number of piperazine rings is 3. The van der Waals surface area contributed by atoms with Gasteiger partial charge in [0.25, 0.3) is 0 Å². The van der Waals surface area contributed by atoms with Gasteiger partial charge in [-0.05, 0) is 111 Å². The maximum atomic E-state index is 11.0. The fourth-order valence-electron chi connectivity index (χ4n) is 11.4. The number of carbonyl (C=O) groups is 4. The van der Waals surface area contributed by atoms with Gasteiger partial charge in [-0.2, -0.15) is 19.9 Å². The smallest absolute Gasteiger partial charge is 0.373 e. The third-order valence-corrected chi connectivity index (χ3v) is 22.9. The number of nitrogens with zero attached hydrogens (tertiary/aromatic N) is 10. The summed E-state index contributed by atoms with van der Waals surface area (Å²) in [6.07, 6.45) is 26.2. The molecule has 12 fully saturated rings. The van der Waals surface area contributed by atoms with Crippen LogP contribution < -0.4 is 64.2 Å². The molecule has 5 aromatic rings. The first-order valence-corrected chi connectivity index (χ1v) is 43.4. The van der Waals surface area contributed by atoms with Gasteiger partial charge in [0, 0.05) is 189 Å². The molecule has 644 valence electrons. The van der Waals surface area contributed by atoms with Crippen LogP contribution in [-0.2, 0) is 72.3 Å². The molecule has 45 heteroatoms. The van der Waals surface area contributed by atoms with Crippen LogP contribution in [0.15, 0.2) is 49.8 Å². The van der Waals surface area contributed by atoms with Gasteiger partial charge in [0.15, 0.2) is 25.5 Å². The molecule has 0 aliphatic carbocycles. The largest absolute Gasteiger partial charge is 0.395 e. The number of H-pyrrole nitrogens is 5. The quantitative estimate of drug-likeness (QED) is 0.0796. The number of aliphatic hydroxyl groups is 4. The Hall–Kier alpha value is -7.41. The summed E-state index contributed by atoms with van der Waals surface area (Å²) in [6, 6.07) is 1.91. The average molecular weight is 1660 g/mol. The first-order chi connectivity index (χ1) is 54.3. The average Bonchev–Trinajstić information content (AvgIpc) is 1.65. The fraction of sp³-hybridized carbons (Fsp3) is 0.750. The summed E-state index contributed by atoms with van der Waals surface area (Å²) < 4.78 is 53.7. The number of hydrogen-bond donors (Lipinski definition) is 21. The molecule has 6 atom stereocenters. The Kier molecular flexibility index (Phi) is 57.4. The Morgan fingerprint density at radius 2 is 1.27 bits per heavy atom. The molecule has 0 saturated carbocycles. The maximum Gasteiger partial charge on any atom is 0.373 e. The molecule has 6 unspecified atom stereocenters. The minimum absolute atomic E-state index is 0.00694. The molecule has 22 N–H and O–H groups in total. The first-order valence-electron chi connectivity index (χ1n) is 38.3. The number of amides is 4. The number of fused-ring (bicyclic) bond motifs is 4. The normalized spacial score (nSPS) is 23.6. The number of aliphatic hydroxyl groups excluding tert-OH is 4. The summed E-state index contributed by atoms with van der Waals surface area (Å²) in [7, 11) is -3.98. The molecule has 0 radical (unpaired) electrons. The standard InChI is InChI=1S/C7H13NO.C6H12N2O.2C5H10N2O.C5H8N2.C5H9NO2S.2C5H11NO.C4H6N2O.C4H8N2O.C4H6N2.C4H9NO2S.C4H9NOS.C2H4N4.C2H3N3.CO2/c9-7-3-5-1-2-6(4-7)8-5;1-6(9)8-4-2-7-3-5-8;1-7-3-2-6-4-5(7)8;6-5(8)4-2-1-3-7-4;1-2-5-6-3-4-7-5;7-9(8)3-4-1-5(9)2-6-4;7-5-1-3-6-4-2-5;7-4-5-2-1-3-6-5;7-3-4-5-1-2-6-4;7-4-3-5-1-2-6-4;1-4-5-2-3-6-4;6-8(7)3-1-5-2-4-8;6-7-3-1-5-2-4-7;1-2-3-5-6-4-2;1-3-2-5-4-1;2-1-3/h5-9H,1-4H2;7H,2-5H2,1H3;6H,2-4H2,1H3;4,7H,1-3H2,(H2,6,8);3-4H,2H2,1H3,(H,6,7);4-6H,1-3H2;2*5-7H,1-4H2;1-2,7H,3H2,(H,5,6);5H,1-3H2,(H,6,7);2-3H,1H3,(H,5,6);5H,1-4H2;5H,1-4H2;1H3,(H,3,4,5,6);1-2H,(H,3,4,5);. The van der Waals surface area contributed by atoms with Crippen molar-refractivity contribution in [2.24, 2.45) is 5.73 Å². The van der Waals surface area contributed by atoms with Crippen molar-refractivity contribution in [3.8, 4) is 0 Å². The number of tetrazole rings is 1. The Labute approximate surface area is 665 Å². The van der Waals surface area contributed by atoms with Crippen LogP contribution in [-0.4, -0.2) is 361 Å². The lowest BCUT2D eigenvalue weighted by molar-refractivity contribution is -0.191. The molecule has 113 heavy (non-hydrogen) atoms. The van der Waals surface area contributed by atoms with Crippen LogP contribution in [0.25, 0.3) is 0 Å². The van der Waals surface area contributed by atoms with Crippen LogP contribution in [0.2, 0.25) is 0 Å². The molecule has 12 aliphatic rings. The molecule has 4 bridgehead atoms. The second-order valence-corrected chi connectivity index (χ2v) is 33.1. The zero-order chi connectivity index (χ0) is 83.2. The van der Waals surface area contributed by atoms with Crippen LogP contribution in [0, 0.1) is 13.8 Å². The first kappa shape index (κ1) is 102. The lowest BCUT2D eigenvalue weighted by atomic mass is 10.0. The number of likely N-dealkylation sites (N-methyl/N-ethyl adjacent to an activating group) is 1. The van der Waals surface area contributed by atoms with E-state index in [2.05, 4.69) is 131 Å². The van der Waals surface area contributed by atoms with Gasteiger partial charge >= 0.3 is 6.15 Å². The van der Waals surface area contributed by atoms with E-state index in [9.17, 15) is 45.3 Å². The van der Waals surface area contributed by atoms with Gasteiger partial charge in [-0.25, -0.2) is 36.8 Å². The summed E-state index contributed by atoms with van der Waals surface area (Å²) in [5.74, 6) is 6.27. The molecule has 12 saturated heterocycles. The highest BCUT2D eigenvalue weighted by atomic mass is 32.2. The number of aromatic nitrogens is 13. The van der Waals surface area contributed by atoms with Gasteiger partial charge in [0.2, 0.25) is 23.6 Å². The number of aromatic amines is 5. The second kappa shape index (κ2) is 63.8. The van der Waals surface area contributed by atoms with Crippen molar-refractivity contribution in [1.82, 2.24) is 134 Å². The number of piperidine rings is 2. The van der Waals surface area contributed by atoms with Gasteiger partial charge < -0.3 is 109 Å². The number of carbonyl (C=O) groups excluding carboxylic acids is 6. The van der Waals surface area contributed by atoms with Crippen LogP contribution >= 0.6 is 0 Å². The van der Waals surface area contributed by atoms with Crippen molar-refractivity contribution < 1.29 is 70.2 Å². The number of aryl methyl sites for hydroxylation is 3. The Morgan fingerprint density at radius 1 is 0.673 bits per heavy atom. The zero-order valence-electron chi connectivity index (χ0n) is 66.2. The topological polar surface area (TPSA) is 616 Å². The number of nitrogens with two attached hydrogens (primary N) is 1. The molecule has 42 nitrogen and oxygen atoms in total. The van der Waals surface area contributed by atoms with Crippen molar-refractivity contribution in [3.63, 3.8) is 0 Å². The number of sulfone groups is 2. The van der Waals surface area contributed by atoms with E-state index in [4.69, 9.17) is 30.6 Å². The molecule has 12 aliphatic heterocycles. The van der Waals surface area contributed by atoms with E-state index < -0.39 is 30.5 Å². The highest BCUT2D eigenvalue weighted by molar-refractivity contribution is 7.92. The van der Waals surface area contributed by atoms with Gasteiger partial charge in [-0.15, -0.1) is 10.2 Å². The fourth-order valence-corrected chi connectivity index (χ4v) is 15.4. The van der Waals surface area contributed by atoms with Crippen molar-refractivity contribution >= 4 is 60.3 Å². The molecular weight excluding hydrogens is 1530 g/mol. The number of nitrogens with one attached hydrogen (secondary N) is 16. The molecule has 17 heterocycles. The van der Waals surface area contributed by atoms with Crippen LogP contribution in [0.3, 0.4) is 0 Å². The van der Waals surface area contributed by atoms with Crippen molar-refractivity contribution in [1.29, 1.82) is 0 Å². The van der Waals surface area contributed by atoms with E-state index in [0.717, 1.165) is 173 Å². The van der Waals surface area contributed by atoms with Gasteiger partial charge in [-0.3, -0.25) is 28.5 Å². The summed E-state index contributed by atoms with van der Waals surface area (Å²) in [6.45, 7) is 23.6. The zero-order valence-corrected chi connectivity index (χ0v) is 68.6. The summed E-state index contributed by atoms with van der Waals surface area (Å²) in [4.78, 5) is 85.6. The third-order valence-electron chi connectivity index (χ3n) is 17.7. The lowest BCUT2D eigenvalue weighted by Gasteiger charge is -2.25. The molecule has 5 aromatic heterocycles. The number of imidazole rings is 3. The molecule has 0 aromatic carbocycles. The Balaban J connectivity index is 0.000000411. The molecule has 17 rings (SSSR count). The van der Waals surface area contributed by atoms with Crippen molar-refractivity contribution in [2.45, 2.75) is 159 Å². The van der Waals surface area contributed by atoms with E-state index >= 15 is 0 Å². The summed E-state index contributed by atoms with van der Waals surface area (Å²) >= 11 is 0. The van der Waals surface area contributed by atoms with Crippen molar-refractivity contribution in [3.05, 3.63) is 73.1 Å². The van der Waals surface area contributed by atoms with Crippen molar-refractivity contribution in [2.75, 3.05) is 167 Å². The highest BCUT2D eigenvalue weighted by Crippen LogP contribution is 2.27. The predicted molar refractivity (Wildman–Crippen MR) is 425 cm³/mol. The lowest BCUT2D eigenvalue weighted by Crippen LogP contribution is -2.45. The van der Waals surface area contributed by atoms with Gasteiger partial charge in [0.05, 0.1) is 60.5 Å². The Morgan fingerprint density at radius 3 is 1.54 bits per heavy atom. The van der Waals surface area contributed by atoms with E-state index in [0.29, 0.717) is 86.4 Å². The number of primary amides is 1. The molecule has 0 spiro atoms. The van der Waals surface area contributed by atoms with Crippen LogP contribution in [0.5, 0.6) is 0 Å². The van der Waals surface area contributed by atoms with E-state index in [-0.39, 0.29) is 65.9 Å². The predicted octanol–water partition coefficient (Wildman–Crippen LogP) is -6.05. The minimum Gasteiger partial charge on any atom is -0.395 e. The summed E-state index contributed by atoms with van der Waals surface area (Å²) in [5.41, 5.74) is 5.00. The third kappa shape index (κ3) is 53.4. The Bertz CT molecular complexity index is 3260. The number of rotatable bonds is 4. The SMILES string of the molecule is CC(=O)N1CCNCC1.CCc1ncc[nH]1.CN1CCNCC1=O.Cc1ncc[nH]1.Cc1nn[nH]n1.NC(=O)C1CCCN1.O=C1CNCCN1.O=C=O.O=S1(=O)CC2CC1CN2.O=S1(=O)CCNCC1.O=S1CCNCC1.OC1CC2CCC(C1)N2.OC1CCNCC1.OCC1CCCN1.OCc1ncc[nH]1.c1nc[nH]n1. The molecular formula is C68H129N27O15S3. The van der Waals surface area contributed by atoms with Gasteiger partial charge in [-0.1, -0.05) is 12.1 Å². The maximum absolute atomic E-state index is 11.0. The second-order valence-electron chi connectivity index (χ2n) is 26.8.